The zero-order valence-electron chi connectivity index (χ0n) is 12.4. The van der Waals surface area contributed by atoms with Crippen molar-refractivity contribution < 1.29 is 14.3 Å². The third kappa shape index (κ3) is 4.07. The molecule has 1 amide bonds. The monoisotopic (exact) mass is 409 g/mol. The predicted molar refractivity (Wildman–Crippen MR) is 94.2 cm³/mol. The van der Waals surface area contributed by atoms with E-state index in [1.807, 2.05) is 19.1 Å². The van der Waals surface area contributed by atoms with Crippen LogP contribution in [0.1, 0.15) is 33.2 Å². The number of hydrogen-bond acceptors (Lipinski definition) is 3. The predicted octanol–water partition coefficient (Wildman–Crippen LogP) is 4.03. The summed E-state index contributed by atoms with van der Waals surface area (Å²) in [5, 5.41) is 2.84. The van der Waals surface area contributed by atoms with E-state index in [0.29, 0.717) is 23.4 Å². The number of benzene rings is 2. The fourth-order valence-electron chi connectivity index (χ4n) is 1.92. The zero-order valence-corrected chi connectivity index (χ0v) is 14.5. The molecule has 0 atom stereocenters. The molecule has 2 aromatic rings. The molecule has 22 heavy (non-hydrogen) atoms. The van der Waals surface area contributed by atoms with E-state index < -0.39 is 5.97 Å². The topological polar surface area (TPSA) is 55.4 Å². The van der Waals surface area contributed by atoms with E-state index in [-0.39, 0.29) is 5.91 Å². The Labute approximate surface area is 143 Å². The quantitative estimate of drug-likeness (QED) is 0.613. The van der Waals surface area contributed by atoms with E-state index in [9.17, 15) is 9.59 Å². The largest absolute Gasteiger partial charge is 0.462 e. The van der Waals surface area contributed by atoms with Gasteiger partial charge < -0.3 is 10.1 Å². The zero-order chi connectivity index (χ0) is 16.1. The van der Waals surface area contributed by atoms with Crippen molar-refractivity contribution in [2.45, 2.75) is 13.8 Å². The summed E-state index contributed by atoms with van der Waals surface area (Å²) in [6, 6.07) is 12.4. The van der Waals surface area contributed by atoms with Gasteiger partial charge in [-0.25, -0.2) is 4.79 Å². The van der Waals surface area contributed by atoms with Gasteiger partial charge in [0.2, 0.25) is 0 Å². The summed E-state index contributed by atoms with van der Waals surface area (Å²) in [6.07, 6.45) is 0. The summed E-state index contributed by atoms with van der Waals surface area (Å²) in [7, 11) is 0. The molecule has 2 aromatic carbocycles. The first-order valence-electron chi connectivity index (χ1n) is 6.86. The molecule has 0 aromatic heterocycles. The van der Waals surface area contributed by atoms with Gasteiger partial charge in [-0.1, -0.05) is 12.1 Å². The fraction of sp³-hybridized carbons (Fsp3) is 0.176. The molecule has 0 aliphatic rings. The number of ether oxygens (including phenoxy) is 1. The van der Waals surface area contributed by atoms with Gasteiger partial charge >= 0.3 is 5.97 Å². The van der Waals surface area contributed by atoms with Crippen LogP contribution in [-0.2, 0) is 4.74 Å². The molecule has 0 aliphatic heterocycles. The fourth-order valence-corrected chi connectivity index (χ4v) is 2.47. The van der Waals surface area contributed by atoms with Gasteiger partial charge in [-0.2, -0.15) is 0 Å². The number of amides is 1. The molecule has 0 fully saturated rings. The molecule has 4 nitrogen and oxygen atoms in total. The van der Waals surface area contributed by atoms with Crippen LogP contribution in [-0.4, -0.2) is 18.5 Å². The molecular weight excluding hydrogens is 393 g/mol. The Balaban J connectivity index is 2.23. The Morgan fingerprint density at radius 3 is 2.59 bits per heavy atom. The van der Waals surface area contributed by atoms with Crippen molar-refractivity contribution in [3.05, 3.63) is 62.7 Å². The average molecular weight is 409 g/mol. The van der Waals surface area contributed by atoms with Gasteiger partial charge in [-0.3, -0.25) is 4.79 Å². The van der Waals surface area contributed by atoms with Gasteiger partial charge in [0.25, 0.3) is 5.91 Å². The van der Waals surface area contributed by atoms with Crippen LogP contribution in [0, 0.1) is 10.5 Å². The van der Waals surface area contributed by atoms with Gasteiger partial charge in [0.05, 0.1) is 12.2 Å². The summed E-state index contributed by atoms with van der Waals surface area (Å²) in [4.78, 5) is 24.1. The van der Waals surface area contributed by atoms with Gasteiger partial charge in [-0.05, 0) is 72.3 Å². The van der Waals surface area contributed by atoms with E-state index in [2.05, 4.69) is 27.9 Å². The summed E-state index contributed by atoms with van der Waals surface area (Å²) < 4.78 is 5.96. The molecule has 0 saturated heterocycles. The minimum absolute atomic E-state index is 0.206. The molecule has 0 bridgehead atoms. The lowest BCUT2D eigenvalue weighted by Crippen LogP contribution is -2.14. The van der Waals surface area contributed by atoms with E-state index in [1.165, 1.54) is 0 Å². The molecule has 0 spiro atoms. The SMILES string of the molecule is CCOC(=O)c1ccc(C)c(NC(=O)c2cccc(I)c2)c1. The number of esters is 1. The van der Waals surface area contributed by atoms with Crippen LogP contribution in [0.2, 0.25) is 0 Å². The molecule has 1 N–H and O–H groups in total. The number of halogens is 1. The molecule has 0 saturated carbocycles. The molecular formula is C17H16INO3. The second-order valence-electron chi connectivity index (χ2n) is 4.71. The molecule has 2 rings (SSSR count). The first-order chi connectivity index (χ1) is 10.5. The van der Waals surface area contributed by atoms with E-state index in [4.69, 9.17) is 4.74 Å². The lowest BCUT2D eigenvalue weighted by Gasteiger charge is -2.10. The van der Waals surface area contributed by atoms with Crippen LogP contribution in [0.5, 0.6) is 0 Å². The Kier molecular flexibility index (Phi) is 5.54. The maximum absolute atomic E-state index is 12.3. The van der Waals surface area contributed by atoms with Crippen LogP contribution >= 0.6 is 22.6 Å². The average Bonchev–Trinajstić information content (AvgIpc) is 2.49. The van der Waals surface area contributed by atoms with Crippen LogP contribution in [0.3, 0.4) is 0 Å². The maximum Gasteiger partial charge on any atom is 0.338 e. The number of hydrogen-bond donors (Lipinski definition) is 1. The standard InChI is InChI=1S/C17H16INO3/c1-3-22-17(21)13-8-7-11(2)15(10-13)19-16(20)12-5-4-6-14(18)9-12/h4-10H,3H2,1-2H3,(H,19,20). The van der Waals surface area contributed by atoms with Gasteiger partial charge in [0.1, 0.15) is 0 Å². The van der Waals surface area contributed by atoms with E-state index >= 15 is 0 Å². The summed E-state index contributed by atoms with van der Waals surface area (Å²) >= 11 is 2.16. The second kappa shape index (κ2) is 7.40. The molecule has 0 aliphatic carbocycles. The lowest BCUT2D eigenvalue weighted by atomic mass is 10.1. The third-order valence-electron chi connectivity index (χ3n) is 3.08. The van der Waals surface area contributed by atoms with Crippen LogP contribution in [0.25, 0.3) is 0 Å². The molecule has 0 unspecified atom stereocenters. The molecule has 114 valence electrons. The maximum atomic E-state index is 12.3. The highest BCUT2D eigenvalue weighted by molar-refractivity contribution is 14.1. The van der Waals surface area contributed by atoms with Crippen molar-refractivity contribution in [2.24, 2.45) is 0 Å². The van der Waals surface area contributed by atoms with Crippen LogP contribution in [0.15, 0.2) is 42.5 Å². The van der Waals surface area contributed by atoms with Crippen molar-refractivity contribution in [3.8, 4) is 0 Å². The number of carbonyl (C=O) groups excluding carboxylic acids is 2. The molecule has 5 heteroatoms. The van der Waals surface area contributed by atoms with E-state index in [1.54, 1.807) is 37.3 Å². The molecule has 0 radical (unpaired) electrons. The van der Waals surface area contributed by atoms with Gasteiger partial charge in [0, 0.05) is 14.8 Å². The normalized spacial score (nSPS) is 10.1. The van der Waals surface area contributed by atoms with Crippen molar-refractivity contribution in [2.75, 3.05) is 11.9 Å². The highest BCUT2D eigenvalue weighted by Crippen LogP contribution is 2.19. The van der Waals surface area contributed by atoms with Crippen molar-refractivity contribution in [3.63, 3.8) is 0 Å². The number of aryl methyl sites for hydroxylation is 1. The van der Waals surface area contributed by atoms with Crippen molar-refractivity contribution in [1.29, 1.82) is 0 Å². The highest BCUT2D eigenvalue weighted by Gasteiger charge is 2.12. The Hall–Kier alpha value is -1.89. The Morgan fingerprint density at radius 1 is 1.14 bits per heavy atom. The molecule has 0 heterocycles. The number of carbonyl (C=O) groups is 2. The van der Waals surface area contributed by atoms with Crippen LogP contribution in [0.4, 0.5) is 5.69 Å². The first-order valence-corrected chi connectivity index (χ1v) is 7.94. The Morgan fingerprint density at radius 2 is 1.91 bits per heavy atom. The number of rotatable bonds is 4. The summed E-state index contributed by atoms with van der Waals surface area (Å²) in [5.41, 5.74) is 2.49. The van der Waals surface area contributed by atoms with E-state index in [0.717, 1.165) is 9.13 Å². The van der Waals surface area contributed by atoms with Gasteiger partial charge in [0.15, 0.2) is 0 Å². The van der Waals surface area contributed by atoms with Gasteiger partial charge in [-0.15, -0.1) is 0 Å². The smallest absolute Gasteiger partial charge is 0.338 e. The summed E-state index contributed by atoms with van der Waals surface area (Å²) in [6.45, 7) is 3.95. The van der Waals surface area contributed by atoms with Crippen molar-refractivity contribution >= 4 is 40.2 Å². The minimum Gasteiger partial charge on any atom is -0.462 e. The summed E-state index contributed by atoms with van der Waals surface area (Å²) in [5.74, 6) is -0.602. The van der Waals surface area contributed by atoms with Crippen molar-refractivity contribution in [1.82, 2.24) is 0 Å². The Bertz CT molecular complexity index is 713. The lowest BCUT2D eigenvalue weighted by molar-refractivity contribution is 0.0526. The number of nitrogens with one attached hydrogen (secondary N) is 1. The minimum atomic E-state index is -0.396. The third-order valence-corrected chi connectivity index (χ3v) is 3.75. The number of anilines is 1. The van der Waals surface area contributed by atoms with Crippen LogP contribution < -0.4 is 5.32 Å². The first kappa shape index (κ1) is 16.5. The highest BCUT2D eigenvalue weighted by atomic mass is 127. The second-order valence-corrected chi connectivity index (χ2v) is 5.96.